The highest BCUT2D eigenvalue weighted by atomic mass is 16.5. The summed E-state index contributed by atoms with van der Waals surface area (Å²) in [4.78, 5) is 12.0. The van der Waals surface area contributed by atoms with Crippen LogP contribution in [0.25, 0.3) is 0 Å². The van der Waals surface area contributed by atoms with Gasteiger partial charge in [0.05, 0.1) is 18.3 Å². The molecule has 5 nitrogen and oxygen atoms in total. The Morgan fingerprint density at radius 3 is 2.79 bits per heavy atom. The molecule has 106 valence electrons. The van der Waals surface area contributed by atoms with Gasteiger partial charge in [-0.15, -0.1) is 0 Å². The minimum atomic E-state index is -0.380. The predicted molar refractivity (Wildman–Crippen MR) is 74.5 cm³/mol. The van der Waals surface area contributed by atoms with E-state index < -0.39 is 0 Å². The molecule has 1 aromatic carbocycles. The van der Waals surface area contributed by atoms with Gasteiger partial charge in [0.25, 0.3) is 5.91 Å². The molecule has 1 atom stereocenters. The number of carbonyl (C=O) groups is 1. The van der Waals surface area contributed by atoms with Crippen molar-refractivity contribution in [2.45, 2.75) is 20.0 Å². The lowest BCUT2D eigenvalue weighted by atomic mass is 10.2. The number of para-hydroxylation sites is 1. The predicted octanol–water partition coefficient (Wildman–Crippen LogP) is 0.785. The summed E-state index contributed by atoms with van der Waals surface area (Å²) in [5, 5.41) is 14.9. The molecule has 0 radical (unpaired) electrons. The van der Waals surface area contributed by atoms with E-state index in [2.05, 4.69) is 10.6 Å². The van der Waals surface area contributed by atoms with Gasteiger partial charge in [0.1, 0.15) is 5.75 Å². The van der Waals surface area contributed by atoms with Gasteiger partial charge in [-0.2, -0.15) is 0 Å². The van der Waals surface area contributed by atoms with Crippen LogP contribution in [0.4, 0.5) is 0 Å². The Morgan fingerprint density at radius 1 is 1.37 bits per heavy atom. The Morgan fingerprint density at radius 2 is 2.11 bits per heavy atom. The molecule has 5 heteroatoms. The first kappa shape index (κ1) is 15.5. The third-order valence-corrected chi connectivity index (χ3v) is 2.46. The van der Waals surface area contributed by atoms with Crippen molar-refractivity contribution in [1.82, 2.24) is 10.6 Å². The third-order valence-electron chi connectivity index (χ3n) is 2.46. The molecular formula is C14H22N2O3. The average Bonchev–Trinajstić information content (AvgIpc) is 2.39. The minimum Gasteiger partial charge on any atom is -0.493 e. The maximum Gasteiger partial charge on any atom is 0.255 e. The first-order valence-corrected chi connectivity index (χ1v) is 6.54. The zero-order chi connectivity index (χ0) is 14.1. The van der Waals surface area contributed by atoms with Crippen molar-refractivity contribution in [3.63, 3.8) is 0 Å². The summed E-state index contributed by atoms with van der Waals surface area (Å²) in [7, 11) is 0. The molecule has 0 spiro atoms. The monoisotopic (exact) mass is 266 g/mol. The van der Waals surface area contributed by atoms with Gasteiger partial charge in [0.2, 0.25) is 0 Å². The molecule has 0 saturated heterocycles. The Balaban J connectivity index is 2.41. The average molecular weight is 266 g/mol. The van der Waals surface area contributed by atoms with Gasteiger partial charge in [-0.3, -0.25) is 4.79 Å². The van der Waals surface area contributed by atoms with Crippen molar-refractivity contribution in [3.8, 4) is 5.75 Å². The van der Waals surface area contributed by atoms with Crippen LogP contribution in [0, 0.1) is 0 Å². The quantitative estimate of drug-likeness (QED) is 0.608. The molecule has 0 aliphatic carbocycles. The first-order valence-electron chi connectivity index (χ1n) is 6.54. The van der Waals surface area contributed by atoms with Gasteiger partial charge in [-0.25, -0.2) is 0 Å². The van der Waals surface area contributed by atoms with Gasteiger partial charge < -0.3 is 20.5 Å². The lowest BCUT2D eigenvalue weighted by Crippen LogP contribution is -2.34. The highest BCUT2D eigenvalue weighted by molar-refractivity contribution is 5.96. The number of ether oxygens (including phenoxy) is 1. The number of aliphatic hydroxyl groups excluding tert-OH is 1. The Bertz CT molecular complexity index is 394. The molecule has 0 bridgehead atoms. The number of hydrogen-bond acceptors (Lipinski definition) is 4. The van der Waals surface area contributed by atoms with E-state index in [9.17, 15) is 4.79 Å². The second kappa shape index (κ2) is 8.50. The molecule has 0 saturated carbocycles. The van der Waals surface area contributed by atoms with E-state index in [1.807, 2.05) is 19.1 Å². The van der Waals surface area contributed by atoms with Crippen LogP contribution in [-0.4, -0.2) is 43.4 Å². The van der Waals surface area contributed by atoms with Crippen LogP contribution in [0.15, 0.2) is 24.3 Å². The van der Waals surface area contributed by atoms with Crippen molar-refractivity contribution in [3.05, 3.63) is 29.8 Å². The van der Waals surface area contributed by atoms with Crippen molar-refractivity contribution >= 4 is 5.91 Å². The van der Waals surface area contributed by atoms with Crippen LogP contribution in [-0.2, 0) is 0 Å². The number of benzene rings is 1. The minimum absolute atomic E-state index is 0.150. The summed E-state index contributed by atoms with van der Waals surface area (Å²) >= 11 is 0. The molecule has 3 N–H and O–H groups in total. The van der Waals surface area contributed by atoms with Crippen molar-refractivity contribution in [2.75, 3.05) is 26.2 Å². The topological polar surface area (TPSA) is 70.6 Å². The normalized spacial score (nSPS) is 11.9. The fraction of sp³-hybridized carbons (Fsp3) is 0.500. The first-order chi connectivity index (χ1) is 9.15. The summed E-state index contributed by atoms with van der Waals surface area (Å²) < 4.78 is 5.41. The van der Waals surface area contributed by atoms with E-state index in [0.717, 1.165) is 0 Å². The number of carbonyl (C=O) groups excluding carboxylic acids is 1. The number of hydrogen-bond donors (Lipinski definition) is 3. The summed E-state index contributed by atoms with van der Waals surface area (Å²) in [5.74, 6) is 0.447. The lowest BCUT2D eigenvalue weighted by molar-refractivity contribution is 0.0950. The van der Waals surface area contributed by atoms with Crippen LogP contribution in [0.2, 0.25) is 0 Å². The summed E-state index contributed by atoms with van der Waals surface area (Å²) in [6.07, 6.45) is -0.380. The highest BCUT2D eigenvalue weighted by Gasteiger charge is 2.10. The molecular weight excluding hydrogens is 244 g/mol. The summed E-state index contributed by atoms with van der Waals surface area (Å²) in [6, 6.07) is 7.17. The maximum atomic E-state index is 12.0. The van der Waals surface area contributed by atoms with Crippen LogP contribution in [0.5, 0.6) is 5.75 Å². The number of rotatable bonds is 8. The number of amides is 1. The van der Waals surface area contributed by atoms with E-state index in [-0.39, 0.29) is 12.0 Å². The molecule has 19 heavy (non-hydrogen) atoms. The van der Waals surface area contributed by atoms with Crippen molar-refractivity contribution < 1.29 is 14.6 Å². The Hall–Kier alpha value is -1.59. The molecule has 0 aliphatic heterocycles. The third kappa shape index (κ3) is 5.72. The van der Waals surface area contributed by atoms with Crippen molar-refractivity contribution in [2.24, 2.45) is 0 Å². The van der Waals surface area contributed by atoms with E-state index in [0.29, 0.717) is 37.6 Å². The van der Waals surface area contributed by atoms with Gasteiger partial charge >= 0.3 is 0 Å². The van der Waals surface area contributed by atoms with Gasteiger partial charge in [-0.05, 0) is 26.0 Å². The van der Waals surface area contributed by atoms with Crippen molar-refractivity contribution in [1.29, 1.82) is 0 Å². The number of aliphatic hydroxyl groups is 1. The van der Waals surface area contributed by atoms with Crippen LogP contribution in [0.3, 0.4) is 0 Å². The van der Waals surface area contributed by atoms with Gasteiger partial charge in [0, 0.05) is 19.6 Å². The van der Waals surface area contributed by atoms with E-state index >= 15 is 0 Å². The standard InChI is InChI=1S/C14H22N2O3/c1-3-19-13-7-5-4-6-12(13)14(18)16-9-8-15-10-11(2)17/h4-7,11,15,17H,3,8-10H2,1-2H3,(H,16,18). The Kier molecular flexibility index (Phi) is 6.92. The summed E-state index contributed by atoms with van der Waals surface area (Å²) in [6.45, 7) is 5.77. The Labute approximate surface area is 114 Å². The maximum absolute atomic E-state index is 12.0. The zero-order valence-corrected chi connectivity index (χ0v) is 11.5. The van der Waals surface area contributed by atoms with Crippen LogP contribution >= 0.6 is 0 Å². The van der Waals surface area contributed by atoms with Gasteiger partial charge in [-0.1, -0.05) is 12.1 Å². The largest absolute Gasteiger partial charge is 0.493 e. The lowest BCUT2D eigenvalue weighted by Gasteiger charge is -2.11. The molecule has 0 aromatic heterocycles. The van der Waals surface area contributed by atoms with Crippen LogP contribution < -0.4 is 15.4 Å². The number of nitrogens with one attached hydrogen (secondary N) is 2. The molecule has 1 amide bonds. The smallest absolute Gasteiger partial charge is 0.255 e. The van der Waals surface area contributed by atoms with E-state index in [4.69, 9.17) is 9.84 Å². The summed E-state index contributed by atoms with van der Waals surface area (Å²) in [5.41, 5.74) is 0.542. The van der Waals surface area contributed by atoms with E-state index in [1.165, 1.54) is 0 Å². The molecule has 0 heterocycles. The zero-order valence-electron chi connectivity index (χ0n) is 11.5. The highest BCUT2D eigenvalue weighted by Crippen LogP contribution is 2.17. The molecule has 0 aliphatic rings. The molecule has 1 rings (SSSR count). The van der Waals surface area contributed by atoms with Gasteiger partial charge in [0.15, 0.2) is 0 Å². The second-order valence-electron chi connectivity index (χ2n) is 4.24. The molecule has 1 unspecified atom stereocenters. The fourth-order valence-electron chi connectivity index (χ4n) is 1.61. The van der Waals surface area contributed by atoms with E-state index in [1.54, 1.807) is 19.1 Å². The molecule has 1 aromatic rings. The van der Waals surface area contributed by atoms with Crippen LogP contribution in [0.1, 0.15) is 24.2 Å². The second-order valence-corrected chi connectivity index (χ2v) is 4.24. The molecule has 0 fully saturated rings. The fourth-order valence-corrected chi connectivity index (χ4v) is 1.61. The SMILES string of the molecule is CCOc1ccccc1C(=O)NCCNCC(C)O.